The fraction of sp³-hybridized carbons (Fsp3) is 0.250. The molecule has 4 aromatic rings. The molecule has 0 spiro atoms. The number of imidazole rings is 1. The van der Waals surface area contributed by atoms with Crippen molar-refractivity contribution < 1.29 is 23.1 Å². The molecular weight excluding hydrogens is 514 g/mol. The van der Waals surface area contributed by atoms with Crippen molar-refractivity contribution in [2.45, 2.75) is 31.7 Å². The summed E-state index contributed by atoms with van der Waals surface area (Å²) in [6.07, 6.45) is 3.70. The van der Waals surface area contributed by atoms with Gasteiger partial charge in [0, 0.05) is 53.1 Å². The molecule has 0 radical (unpaired) electrons. The van der Waals surface area contributed by atoms with Crippen molar-refractivity contribution in [3.8, 4) is 5.75 Å². The van der Waals surface area contributed by atoms with Gasteiger partial charge in [0.05, 0.1) is 18.5 Å². The van der Waals surface area contributed by atoms with Gasteiger partial charge in [0.25, 0.3) is 5.91 Å². The first-order chi connectivity index (χ1) is 18.2. The summed E-state index contributed by atoms with van der Waals surface area (Å²) >= 11 is 5.93. The highest BCUT2D eigenvalue weighted by molar-refractivity contribution is 6.30. The number of anilines is 1. The summed E-state index contributed by atoms with van der Waals surface area (Å²) < 4.78 is 37.3. The maximum atomic E-state index is 15.2. The summed E-state index contributed by atoms with van der Waals surface area (Å²) in [6.45, 7) is 3.94. The number of fused-ring (bicyclic) bond motifs is 1. The third-order valence-electron chi connectivity index (χ3n) is 6.73. The number of nitrogens with one attached hydrogen (secondary N) is 1. The maximum Gasteiger partial charge on any atom is 0.251 e. The number of hydrogen-bond donors (Lipinski definition) is 1. The second-order valence-corrected chi connectivity index (χ2v) is 9.90. The van der Waals surface area contributed by atoms with Gasteiger partial charge in [-0.1, -0.05) is 25.4 Å². The maximum absolute atomic E-state index is 15.2. The van der Waals surface area contributed by atoms with Gasteiger partial charge in [-0.2, -0.15) is 0 Å². The second-order valence-electron chi connectivity index (χ2n) is 9.46. The van der Waals surface area contributed by atoms with Crippen molar-refractivity contribution in [2.24, 2.45) is 0 Å². The molecule has 0 aliphatic carbocycles. The zero-order chi connectivity index (χ0) is 27.1. The van der Waals surface area contributed by atoms with E-state index in [1.807, 2.05) is 26.2 Å². The normalized spacial score (nSPS) is 17.4. The smallest absolute Gasteiger partial charge is 0.251 e. The Morgan fingerprint density at radius 2 is 1.84 bits per heavy atom. The number of rotatable bonds is 6. The molecule has 38 heavy (non-hydrogen) atoms. The van der Waals surface area contributed by atoms with Gasteiger partial charge >= 0.3 is 0 Å². The first-order valence-electron chi connectivity index (χ1n) is 12.1. The van der Waals surface area contributed by atoms with E-state index in [1.54, 1.807) is 28.7 Å². The summed E-state index contributed by atoms with van der Waals surface area (Å²) in [5, 5.41) is 3.15. The largest absolute Gasteiger partial charge is 0.497 e. The molecule has 2 aromatic carbocycles. The minimum absolute atomic E-state index is 0.00930. The van der Waals surface area contributed by atoms with E-state index < -0.39 is 35.4 Å². The van der Waals surface area contributed by atoms with Gasteiger partial charge < -0.3 is 19.4 Å². The molecule has 3 heterocycles. The third-order valence-corrected chi connectivity index (χ3v) is 6.98. The Balaban J connectivity index is 1.58. The average Bonchev–Trinajstić information content (AvgIpc) is 3.46. The molecule has 5 rings (SSSR count). The Morgan fingerprint density at radius 1 is 1.16 bits per heavy atom. The molecule has 2 atom stereocenters. The molecule has 7 nitrogen and oxygen atoms in total. The van der Waals surface area contributed by atoms with E-state index in [1.165, 1.54) is 24.1 Å². The van der Waals surface area contributed by atoms with Gasteiger partial charge in [-0.3, -0.25) is 9.59 Å². The number of benzene rings is 2. The Hall–Kier alpha value is -3.98. The number of nitrogens with zero attached hydrogens (tertiary/aromatic N) is 3. The number of carbonyl (C=O) groups excluding carboxylic acids is 2. The summed E-state index contributed by atoms with van der Waals surface area (Å²) in [5.74, 6) is -3.67. The number of halogens is 3. The van der Waals surface area contributed by atoms with E-state index in [2.05, 4.69) is 5.32 Å². The van der Waals surface area contributed by atoms with Crippen LogP contribution >= 0.6 is 11.6 Å². The summed E-state index contributed by atoms with van der Waals surface area (Å²) in [7, 11) is 1.31. The molecule has 2 amide bonds. The lowest BCUT2D eigenvalue weighted by Crippen LogP contribution is -2.44. The van der Waals surface area contributed by atoms with Crippen LogP contribution in [0.4, 0.5) is 14.5 Å². The van der Waals surface area contributed by atoms with Crippen LogP contribution in [0.25, 0.3) is 5.65 Å². The SMILES string of the molecule is COc1cc(F)c([C@@H]2CN(c3cccn4cc(C(C)C)nc34)C(=O)C2NC(=O)c2ccc(Cl)cc2)c(F)c1. The number of hydrogen-bond acceptors (Lipinski definition) is 4. The Bertz CT molecular complexity index is 1510. The van der Waals surface area contributed by atoms with Crippen LogP contribution in [-0.2, 0) is 4.79 Å². The van der Waals surface area contributed by atoms with Gasteiger partial charge in [-0.05, 0) is 42.3 Å². The van der Waals surface area contributed by atoms with E-state index in [4.69, 9.17) is 21.3 Å². The van der Waals surface area contributed by atoms with Crippen LogP contribution in [-0.4, -0.2) is 40.9 Å². The predicted molar refractivity (Wildman–Crippen MR) is 140 cm³/mol. The fourth-order valence-electron chi connectivity index (χ4n) is 4.73. The van der Waals surface area contributed by atoms with E-state index in [9.17, 15) is 9.59 Å². The molecule has 1 aliphatic heterocycles. The molecule has 0 bridgehead atoms. The molecule has 196 valence electrons. The van der Waals surface area contributed by atoms with E-state index in [0.29, 0.717) is 16.4 Å². The van der Waals surface area contributed by atoms with Gasteiger partial charge in [-0.15, -0.1) is 0 Å². The summed E-state index contributed by atoms with van der Waals surface area (Å²) in [4.78, 5) is 33.0. The van der Waals surface area contributed by atoms with Crippen molar-refractivity contribution in [3.05, 3.63) is 94.4 Å². The van der Waals surface area contributed by atoms with Crippen LogP contribution in [0, 0.1) is 11.6 Å². The molecule has 2 aromatic heterocycles. The lowest BCUT2D eigenvalue weighted by atomic mass is 9.92. The van der Waals surface area contributed by atoms with E-state index >= 15 is 8.78 Å². The predicted octanol–water partition coefficient (Wildman–Crippen LogP) is 5.33. The van der Waals surface area contributed by atoms with Gasteiger partial charge in [0.1, 0.15) is 23.4 Å². The number of carbonyl (C=O) groups is 2. The zero-order valence-electron chi connectivity index (χ0n) is 20.9. The van der Waals surface area contributed by atoms with E-state index in [0.717, 1.165) is 17.8 Å². The van der Waals surface area contributed by atoms with Crippen LogP contribution in [0.15, 0.2) is 60.9 Å². The van der Waals surface area contributed by atoms with Crippen LogP contribution in [0.1, 0.15) is 47.3 Å². The lowest BCUT2D eigenvalue weighted by Gasteiger charge is -2.20. The molecule has 1 N–H and O–H groups in total. The van der Waals surface area contributed by atoms with E-state index in [-0.39, 0.29) is 29.3 Å². The lowest BCUT2D eigenvalue weighted by molar-refractivity contribution is -0.118. The van der Waals surface area contributed by atoms with Gasteiger partial charge in [0.15, 0.2) is 5.65 Å². The van der Waals surface area contributed by atoms with Crippen molar-refractivity contribution in [3.63, 3.8) is 0 Å². The third kappa shape index (κ3) is 4.58. The zero-order valence-corrected chi connectivity index (χ0v) is 21.7. The van der Waals surface area contributed by atoms with Crippen LogP contribution < -0.4 is 15.0 Å². The standard InChI is InChI=1S/C28H25ClF2N4O3/c1-15(2)22-14-34-10-4-5-23(26(34)32-22)35-13-19(24-20(30)11-18(38-3)12-21(24)31)25(28(35)37)33-27(36)16-6-8-17(29)9-7-16/h4-12,14-15,19,25H,13H2,1-3H3,(H,33,36)/t19-,25?/m0/s1. The fourth-order valence-corrected chi connectivity index (χ4v) is 4.86. The number of amides is 2. The molecule has 1 fully saturated rings. The van der Waals surface area contributed by atoms with Crippen LogP contribution in [0.3, 0.4) is 0 Å². The molecule has 0 saturated carbocycles. The minimum atomic E-state index is -1.24. The highest BCUT2D eigenvalue weighted by Crippen LogP contribution is 2.38. The van der Waals surface area contributed by atoms with Crippen LogP contribution in [0.2, 0.25) is 5.02 Å². The number of methoxy groups -OCH3 is 1. The monoisotopic (exact) mass is 538 g/mol. The number of aromatic nitrogens is 2. The first kappa shape index (κ1) is 25.7. The highest BCUT2D eigenvalue weighted by Gasteiger charge is 2.45. The minimum Gasteiger partial charge on any atom is -0.497 e. The van der Waals surface area contributed by atoms with Crippen molar-refractivity contribution >= 4 is 34.7 Å². The van der Waals surface area contributed by atoms with Gasteiger partial charge in [-0.25, -0.2) is 13.8 Å². The highest BCUT2D eigenvalue weighted by atomic mass is 35.5. The van der Waals surface area contributed by atoms with Crippen molar-refractivity contribution in [1.82, 2.24) is 14.7 Å². The summed E-state index contributed by atoms with van der Waals surface area (Å²) in [6, 6.07) is 10.5. The molecule has 1 aliphatic rings. The average molecular weight is 539 g/mol. The number of pyridine rings is 1. The Kier molecular flexibility index (Phi) is 6.79. The molecule has 1 saturated heterocycles. The van der Waals surface area contributed by atoms with Crippen LogP contribution in [0.5, 0.6) is 5.75 Å². The molecule has 10 heteroatoms. The number of ether oxygens (including phenoxy) is 1. The Morgan fingerprint density at radius 3 is 2.47 bits per heavy atom. The molecule has 1 unspecified atom stereocenters. The summed E-state index contributed by atoms with van der Waals surface area (Å²) in [5.41, 5.74) is 1.80. The Labute approximate surface area is 223 Å². The molecular formula is C28H25ClF2N4O3. The van der Waals surface area contributed by atoms with Crippen molar-refractivity contribution in [2.75, 3.05) is 18.6 Å². The quantitative estimate of drug-likeness (QED) is 0.360. The second kappa shape index (κ2) is 10.1. The van der Waals surface area contributed by atoms with Gasteiger partial charge in [0.2, 0.25) is 5.91 Å². The first-order valence-corrected chi connectivity index (χ1v) is 12.4. The topological polar surface area (TPSA) is 75.9 Å². The van der Waals surface area contributed by atoms with Crippen molar-refractivity contribution in [1.29, 1.82) is 0 Å².